The molecule has 1 aliphatic heterocycles. The number of sulfonamides is 1. The summed E-state index contributed by atoms with van der Waals surface area (Å²) in [6.07, 6.45) is 1.50. The van der Waals surface area contributed by atoms with E-state index in [1.807, 2.05) is 25.1 Å². The van der Waals surface area contributed by atoms with Gasteiger partial charge in [-0.25, -0.2) is 8.42 Å². The Kier molecular flexibility index (Phi) is 7.56. The average Bonchev–Trinajstić information content (AvgIpc) is 2.76. The number of carbonyl (C=O) groups is 1. The molecule has 3 rings (SSSR count). The normalized spacial score (nSPS) is 16.0. The molecule has 1 amide bonds. The van der Waals surface area contributed by atoms with Gasteiger partial charge in [-0.2, -0.15) is 0 Å². The van der Waals surface area contributed by atoms with Gasteiger partial charge in [0.15, 0.2) is 0 Å². The van der Waals surface area contributed by atoms with Crippen molar-refractivity contribution in [3.05, 3.63) is 60.2 Å². The summed E-state index contributed by atoms with van der Waals surface area (Å²) in [6.45, 7) is 6.28. The highest BCUT2D eigenvalue weighted by molar-refractivity contribution is 7.92. The summed E-state index contributed by atoms with van der Waals surface area (Å²) in [5.41, 5.74) is 2.65. The van der Waals surface area contributed by atoms with E-state index in [1.165, 1.54) is 9.99 Å². The highest BCUT2D eigenvalue weighted by Gasteiger charge is 2.31. The van der Waals surface area contributed by atoms with Crippen molar-refractivity contribution in [2.75, 3.05) is 48.7 Å². The van der Waals surface area contributed by atoms with Crippen molar-refractivity contribution in [1.29, 1.82) is 0 Å². The maximum Gasteiger partial charge on any atom is 0.244 e. The van der Waals surface area contributed by atoms with Gasteiger partial charge in [-0.15, -0.1) is 0 Å². The fraction of sp³-hybridized carbons (Fsp3) is 0.435. The Hall–Kier alpha value is -2.58. The van der Waals surface area contributed by atoms with Gasteiger partial charge in [-0.05, 0) is 43.3 Å². The molecule has 0 bridgehead atoms. The van der Waals surface area contributed by atoms with Crippen LogP contribution in [0.5, 0.6) is 0 Å². The van der Waals surface area contributed by atoms with Crippen LogP contribution in [0, 0.1) is 0 Å². The molecule has 0 radical (unpaired) electrons. The summed E-state index contributed by atoms with van der Waals surface area (Å²) in [6, 6.07) is 16.1. The van der Waals surface area contributed by atoms with E-state index in [9.17, 15) is 13.2 Å². The molecule has 31 heavy (non-hydrogen) atoms. The number of rotatable bonds is 8. The Morgan fingerprint density at radius 1 is 1.03 bits per heavy atom. The number of likely N-dealkylation sites (N-methyl/N-ethyl adjacent to an activating group) is 1. The quantitative estimate of drug-likeness (QED) is 0.676. The number of para-hydroxylation sites is 1. The van der Waals surface area contributed by atoms with Crippen LogP contribution in [0.1, 0.15) is 18.9 Å². The van der Waals surface area contributed by atoms with Crippen LogP contribution < -0.4 is 14.5 Å². The van der Waals surface area contributed by atoms with E-state index in [4.69, 9.17) is 0 Å². The number of benzene rings is 2. The second kappa shape index (κ2) is 10.2. The minimum Gasteiger partial charge on any atom is -0.369 e. The molecule has 1 saturated heterocycles. The lowest BCUT2D eigenvalue weighted by molar-refractivity contribution is -0.122. The maximum absolute atomic E-state index is 12.9. The minimum absolute atomic E-state index is 0.306. The maximum atomic E-state index is 12.9. The van der Waals surface area contributed by atoms with Crippen LogP contribution in [0.3, 0.4) is 0 Å². The van der Waals surface area contributed by atoms with E-state index in [0.29, 0.717) is 18.7 Å². The van der Waals surface area contributed by atoms with Gasteiger partial charge in [-0.3, -0.25) is 9.10 Å². The Morgan fingerprint density at radius 3 is 2.19 bits per heavy atom. The molecule has 1 aliphatic rings. The zero-order valence-electron chi connectivity index (χ0n) is 18.5. The number of amides is 1. The first-order valence-electron chi connectivity index (χ1n) is 10.6. The highest BCUT2D eigenvalue weighted by atomic mass is 32.2. The fourth-order valence-electron chi connectivity index (χ4n) is 3.83. The van der Waals surface area contributed by atoms with Crippen LogP contribution in [-0.4, -0.2) is 64.7 Å². The van der Waals surface area contributed by atoms with Crippen LogP contribution >= 0.6 is 0 Å². The van der Waals surface area contributed by atoms with Crippen LogP contribution in [0.25, 0.3) is 0 Å². The van der Waals surface area contributed by atoms with E-state index in [-0.39, 0.29) is 5.91 Å². The van der Waals surface area contributed by atoms with Crippen molar-refractivity contribution < 1.29 is 13.2 Å². The third-order valence-corrected chi connectivity index (χ3v) is 6.79. The van der Waals surface area contributed by atoms with Gasteiger partial charge in [0.1, 0.15) is 6.04 Å². The fourth-order valence-corrected chi connectivity index (χ4v) is 5.04. The SMILES string of the molecule is CC[C@H](C(=O)NCc1ccc(N2CCN(C)CC2)cc1)N(c1ccccc1)S(C)(=O)=O. The lowest BCUT2D eigenvalue weighted by Gasteiger charge is -2.34. The number of hydrogen-bond donors (Lipinski definition) is 1. The number of carbonyl (C=O) groups excluding carboxylic acids is 1. The lowest BCUT2D eigenvalue weighted by Crippen LogP contribution is -2.49. The molecule has 2 aromatic rings. The number of hydrogen-bond acceptors (Lipinski definition) is 5. The number of nitrogens with zero attached hydrogens (tertiary/aromatic N) is 3. The molecule has 0 aromatic heterocycles. The molecule has 7 nitrogen and oxygen atoms in total. The standard InChI is InChI=1S/C23H32N4O3S/c1-4-22(27(31(3,29)30)21-8-6-5-7-9-21)23(28)24-18-19-10-12-20(13-11-19)26-16-14-25(2)15-17-26/h5-13,22H,4,14-18H2,1-3H3,(H,24,28)/t22-/m1/s1. The number of nitrogens with one attached hydrogen (secondary N) is 1. The van der Waals surface area contributed by atoms with Crippen molar-refractivity contribution in [1.82, 2.24) is 10.2 Å². The molecular weight excluding hydrogens is 412 g/mol. The van der Waals surface area contributed by atoms with E-state index in [0.717, 1.165) is 38.0 Å². The summed E-state index contributed by atoms with van der Waals surface area (Å²) in [5.74, 6) is -0.306. The first-order chi connectivity index (χ1) is 14.8. The second-order valence-electron chi connectivity index (χ2n) is 7.99. The second-order valence-corrected chi connectivity index (χ2v) is 9.85. The van der Waals surface area contributed by atoms with Crippen molar-refractivity contribution in [3.63, 3.8) is 0 Å². The first kappa shape index (κ1) is 23.1. The summed E-state index contributed by atoms with van der Waals surface area (Å²) < 4.78 is 26.1. The average molecular weight is 445 g/mol. The molecule has 1 heterocycles. The summed E-state index contributed by atoms with van der Waals surface area (Å²) in [5, 5.41) is 2.91. The van der Waals surface area contributed by atoms with Crippen LogP contribution in [0.15, 0.2) is 54.6 Å². The molecule has 2 aromatic carbocycles. The van der Waals surface area contributed by atoms with Gasteiger partial charge < -0.3 is 15.1 Å². The third-order valence-electron chi connectivity index (χ3n) is 5.61. The van der Waals surface area contributed by atoms with E-state index in [2.05, 4.69) is 34.3 Å². The molecule has 0 saturated carbocycles. The van der Waals surface area contributed by atoms with Crippen molar-refractivity contribution in [3.8, 4) is 0 Å². The van der Waals surface area contributed by atoms with Crippen molar-refractivity contribution in [2.45, 2.75) is 25.9 Å². The van der Waals surface area contributed by atoms with Gasteiger partial charge in [0.25, 0.3) is 0 Å². The van der Waals surface area contributed by atoms with E-state index < -0.39 is 16.1 Å². The summed E-state index contributed by atoms with van der Waals surface area (Å²) in [4.78, 5) is 17.6. The molecule has 0 aliphatic carbocycles. The first-order valence-corrected chi connectivity index (χ1v) is 12.5. The Morgan fingerprint density at radius 2 is 1.65 bits per heavy atom. The van der Waals surface area contributed by atoms with E-state index >= 15 is 0 Å². The van der Waals surface area contributed by atoms with Crippen LogP contribution in [0.2, 0.25) is 0 Å². The summed E-state index contributed by atoms with van der Waals surface area (Å²) >= 11 is 0. The smallest absolute Gasteiger partial charge is 0.244 e. The highest BCUT2D eigenvalue weighted by Crippen LogP contribution is 2.22. The van der Waals surface area contributed by atoms with Gasteiger partial charge in [0.05, 0.1) is 11.9 Å². The third kappa shape index (κ3) is 5.98. The van der Waals surface area contributed by atoms with Crippen molar-refractivity contribution >= 4 is 27.3 Å². The van der Waals surface area contributed by atoms with Crippen LogP contribution in [0.4, 0.5) is 11.4 Å². The number of anilines is 2. The molecule has 1 atom stereocenters. The minimum atomic E-state index is -3.62. The van der Waals surface area contributed by atoms with E-state index in [1.54, 1.807) is 24.3 Å². The molecular formula is C23H32N4O3S. The Balaban J connectivity index is 1.65. The molecule has 0 unspecified atom stereocenters. The van der Waals surface area contributed by atoms with Gasteiger partial charge >= 0.3 is 0 Å². The molecule has 0 spiro atoms. The van der Waals surface area contributed by atoms with Crippen LogP contribution in [-0.2, 0) is 21.4 Å². The molecule has 1 N–H and O–H groups in total. The van der Waals surface area contributed by atoms with Gasteiger partial charge in [0.2, 0.25) is 15.9 Å². The van der Waals surface area contributed by atoms with Gasteiger partial charge in [0, 0.05) is 38.4 Å². The topological polar surface area (TPSA) is 73.0 Å². The molecule has 1 fully saturated rings. The Labute approximate surface area is 185 Å². The molecule has 8 heteroatoms. The number of piperazine rings is 1. The largest absolute Gasteiger partial charge is 0.369 e. The predicted molar refractivity (Wildman–Crippen MR) is 126 cm³/mol. The predicted octanol–water partition coefficient (Wildman–Crippen LogP) is 2.30. The zero-order chi connectivity index (χ0) is 22.4. The Bertz CT molecular complexity index is 956. The zero-order valence-corrected chi connectivity index (χ0v) is 19.3. The lowest BCUT2D eigenvalue weighted by atomic mass is 10.1. The molecule has 168 valence electrons. The van der Waals surface area contributed by atoms with Gasteiger partial charge in [-0.1, -0.05) is 37.3 Å². The monoisotopic (exact) mass is 444 g/mol. The summed E-state index contributed by atoms with van der Waals surface area (Å²) in [7, 11) is -1.48. The van der Waals surface area contributed by atoms with Crippen molar-refractivity contribution in [2.24, 2.45) is 0 Å².